The van der Waals surface area contributed by atoms with Crippen LogP contribution in [-0.4, -0.2) is 26.0 Å². The van der Waals surface area contributed by atoms with Crippen molar-refractivity contribution in [3.8, 4) is 0 Å². The fraction of sp³-hybridized carbons (Fsp3) is 0.583. The Labute approximate surface area is 113 Å². The second-order valence-electron chi connectivity index (χ2n) is 5.01. The quantitative estimate of drug-likeness (QED) is 0.752. The standard InChI is InChI=1S/C12H20N4O2S/c13-11-4-2-1-3-9(11)7-15-12-6-5-10(8-16-12)19(14,17)18/h5-6,8-9,11H,1-4,7,13H2,(H,15,16)(H2,14,17,18). The number of hydrogen-bond acceptors (Lipinski definition) is 5. The Morgan fingerprint density at radius 1 is 1.32 bits per heavy atom. The van der Waals surface area contributed by atoms with Crippen LogP contribution in [-0.2, 0) is 10.0 Å². The number of primary sulfonamides is 1. The van der Waals surface area contributed by atoms with E-state index < -0.39 is 10.0 Å². The van der Waals surface area contributed by atoms with Gasteiger partial charge in [-0.2, -0.15) is 0 Å². The molecule has 106 valence electrons. The number of pyridine rings is 1. The third kappa shape index (κ3) is 3.89. The minimum atomic E-state index is -3.67. The van der Waals surface area contributed by atoms with Crippen molar-refractivity contribution < 1.29 is 8.42 Å². The van der Waals surface area contributed by atoms with Crippen molar-refractivity contribution in [1.82, 2.24) is 4.98 Å². The van der Waals surface area contributed by atoms with Crippen molar-refractivity contribution in [3.63, 3.8) is 0 Å². The maximum atomic E-state index is 11.1. The molecule has 1 heterocycles. The highest BCUT2D eigenvalue weighted by molar-refractivity contribution is 7.89. The number of aromatic nitrogens is 1. The van der Waals surface area contributed by atoms with Crippen molar-refractivity contribution in [1.29, 1.82) is 0 Å². The van der Waals surface area contributed by atoms with Gasteiger partial charge in [-0.1, -0.05) is 12.8 Å². The number of rotatable bonds is 4. The molecule has 0 aliphatic heterocycles. The Bertz CT molecular complexity index is 515. The van der Waals surface area contributed by atoms with Gasteiger partial charge >= 0.3 is 0 Å². The summed E-state index contributed by atoms with van der Waals surface area (Å²) in [6.07, 6.45) is 5.89. The van der Waals surface area contributed by atoms with E-state index in [0.717, 1.165) is 19.4 Å². The van der Waals surface area contributed by atoms with Crippen LogP contribution < -0.4 is 16.2 Å². The van der Waals surface area contributed by atoms with Crippen molar-refractivity contribution in [2.24, 2.45) is 16.8 Å². The van der Waals surface area contributed by atoms with Crippen LogP contribution in [0.1, 0.15) is 25.7 Å². The lowest BCUT2D eigenvalue weighted by molar-refractivity contribution is 0.321. The molecule has 19 heavy (non-hydrogen) atoms. The van der Waals surface area contributed by atoms with Gasteiger partial charge in [0.05, 0.1) is 0 Å². The molecular formula is C12H20N4O2S. The van der Waals surface area contributed by atoms with Crippen molar-refractivity contribution in [2.45, 2.75) is 36.6 Å². The first kappa shape index (κ1) is 14.2. The molecule has 0 radical (unpaired) electrons. The zero-order valence-electron chi connectivity index (χ0n) is 10.7. The summed E-state index contributed by atoms with van der Waals surface area (Å²) in [7, 11) is -3.67. The normalized spacial score (nSPS) is 24.1. The summed E-state index contributed by atoms with van der Waals surface area (Å²) in [5.74, 6) is 1.10. The average Bonchev–Trinajstić information content (AvgIpc) is 2.37. The predicted molar refractivity (Wildman–Crippen MR) is 74.0 cm³/mol. The molecule has 2 rings (SSSR count). The number of nitrogens with two attached hydrogens (primary N) is 2. The molecule has 0 amide bonds. The summed E-state index contributed by atoms with van der Waals surface area (Å²) in [5, 5.41) is 8.21. The van der Waals surface area contributed by atoms with E-state index in [2.05, 4.69) is 10.3 Å². The SMILES string of the molecule is NC1CCCCC1CNc1ccc(S(N)(=O)=O)cn1. The Morgan fingerprint density at radius 2 is 2.05 bits per heavy atom. The predicted octanol–water partition coefficient (Wildman–Crippen LogP) is 0.658. The van der Waals surface area contributed by atoms with Gasteiger partial charge in [0.2, 0.25) is 10.0 Å². The second kappa shape index (κ2) is 5.85. The molecular weight excluding hydrogens is 264 g/mol. The van der Waals surface area contributed by atoms with Crippen LogP contribution in [0, 0.1) is 5.92 Å². The number of nitrogens with one attached hydrogen (secondary N) is 1. The summed E-state index contributed by atoms with van der Waals surface area (Å²) >= 11 is 0. The van der Waals surface area contributed by atoms with Crippen molar-refractivity contribution in [3.05, 3.63) is 18.3 Å². The molecule has 5 N–H and O–H groups in total. The molecule has 2 atom stereocenters. The summed E-state index contributed by atoms with van der Waals surface area (Å²) < 4.78 is 22.2. The highest BCUT2D eigenvalue weighted by Crippen LogP contribution is 2.23. The number of anilines is 1. The van der Waals surface area contributed by atoms with Crippen LogP contribution in [0.15, 0.2) is 23.2 Å². The second-order valence-corrected chi connectivity index (χ2v) is 6.57. The molecule has 1 aromatic heterocycles. The molecule has 0 saturated heterocycles. The summed E-state index contributed by atoms with van der Waals surface area (Å²) in [4.78, 5) is 4.06. The van der Waals surface area contributed by atoms with Gasteiger partial charge in [0.1, 0.15) is 10.7 Å². The van der Waals surface area contributed by atoms with Crippen molar-refractivity contribution >= 4 is 15.8 Å². The van der Waals surface area contributed by atoms with Crippen LogP contribution in [0.2, 0.25) is 0 Å². The van der Waals surface area contributed by atoms with E-state index in [-0.39, 0.29) is 10.9 Å². The lowest BCUT2D eigenvalue weighted by atomic mass is 9.85. The van der Waals surface area contributed by atoms with E-state index in [1.807, 2.05) is 0 Å². The van der Waals surface area contributed by atoms with Gasteiger partial charge in [0, 0.05) is 18.8 Å². The van der Waals surface area contributed by atoms with Crippen LogP contribution in [0.25, 0.3) is 0 Å². The Morgan fingerprint density at radius 3 is 2.63 bits per heavy atom. The molecule has 2 unspecified atom stereocenters. The van der Waals surface area contributed by atoms with Gasteiger partial charge in [-0.05, 0) is 30.9 Å². The first-order valence-corrected chi connectivity index (χ1v) is 8.00. The fourth-order valence-electron chi connectivity index (χ4n) is 2.38. The fourth-order valence-corrected chi connectivity index (χ4v) is 2.84. The van der Waals surface area contributed by atoms with Gasteiger partial charge in [0.25, 0.3) is 0 Å². The number of hydrogen-bond donors (Lipinski definition) is 3. The van der Waals surface area contributed by atoms with E-state index in [9.17, 15) is 8.42 Å². The first-order chi connectivity index (χ1) is 8.97. The number of sulfonamides is 1. The van der Waals surface area contributed by atoms with Gasteiger partial charge in [0.15, 0.2) is 0 Å². The molecule has 0 spiro atoms. The van der Waals surface area contributed by atoms with E-state index in [0.29, 0.717) is 11.7 Å². The van der Waals surface area contributed by atoms with Crippen LogP contribution in [0.4, 0.5) is 5.82 Å². The average molecular weight is 284 g/mol. The van der Waals surface area contributed by atoms with Gasteiger partial charge < -0.3 is 11.1 Å². The summed E-state index contributed by atoms with van der Waals surface area (Å²) in [5.41, 5.74) is 6.07. The van der Waals surface area contributed by atoms with Crippen LogP contribution in [0.3, 0.4) is 0 Å². The Hall–Kier alpha value is -1.18. The molecule has 1 aromatic rings. The molecule has 0 bridgehead atoms. The topological polar surface area (TPSA) is 111 Å². The maximum absolute atomic E-state index is 11.1. The Kier molecular flexibility index (Phi) is 4.38. The van der Waals surface area contributed by atoms with E-state index in [1.165, 1.54) is 25.1 Å². The first-order valence-electron chi connectivity index (χ1n) is 6.45. The van der Waals surface area contributed by atoms with Gasteiger partial charge in [-0.15, -0.1) is 0 Å². The minimum Gasteiger partial charge on any atom is -0.370 e. The molecule has 1 aliphatic carbocycles. The van der Waals surface area contributed by atoms with E-state index in [4.69, 9.17) is 10.9 Å². The highest BCUT2D eigenvalue weighted by atomic mass is 32.2. The molecule has 7 heteroatoms. The summed E-state index contributed by atoms with van der Waals surface area (Å²) in [6.45, 7) is 0.767. The zero-order valence-corrected chi connectivity index (χ0v) is 11.6. The van der Waals surface area contributed by atoms with E-state index >= 15 is 0 Å². The van der Waals surface area contributed by atoms with Gasteiger partial charge in [-0.3, -0.25) is 0 Å². The van der Waals surface area contributed by atoms with Gasteiger partial charge in [-0.25, -0.2) is 18.5 Å². The molecule has 1 saturated carbocycles. The summed E-state index contributed by atoms with van der Waals surface area (Å²) in [6, 6.07) is 3.31. The van der Waals surface area contributed by atoms with Crippen LogP contribution >= 0.6 is 0 Å². The third-order valence-corrected chi connectivity index (χ3v) is 4.48. The highest BCUT2D eigenvalue weighted by Gasteiger charge is 2.21. The van der Waals surface area contributed by atoms with Crippen molar-refractivity contribution in [2.75, 3.05) is 11.9 Å². The molecule has 1 fully saturated rings. The van der Waals surface area contributed by atoms with Crippen LogP contribution in [0.5, 0.6) is 0 Å². The molecule has 0 aromatic carbocycles. The zero-order chi connectivity index (χ0) is 13.9. The lowest BCUT2D eigenvalue weighted by Crippen LogP contribution is -2.37. The smallest absolute Gasteiger partial charge is 0.239 e. The largest absolute Gasteiger partial charge is 0.370 e. The minimum absolute atomic E-state index is 0.0208. The monoisotopic (exact) mass is 284 g/mol. The maximum Gasteiger partial charge on any atom is 0.239 e. The molecule has 6 nitrogen and oxygen atoms in total. The third-order valence-electron chi connectivity index (χ3n) is 3.58. The lowest BCUT2D eigenvalue weighted by Gasteiger charge is -2.28. The Balaban J connectivity index is 1.93. The number of nitrogens with zero attached hydrogens (tertiary/aromatic N) is 1. The molecule has 1 aliphatic rings. The van der Waals surface area contributed by atoms with E-state index in [1.54, 1.807) is 6.07 Å².